The molecule has 1 N–H and O–H groups in total. The number of hydrogen-bond donors (Lipinski definition) is 1. The number of allylic oxidation sites excluding steroid dienone is 12. The summed E-state index contributed by atoms with van der Waals surface area (Å²) in [5.74, 6) is -2.07. The van der Waals surface area contributed by atoms with Gasteiger partial charge in [-0.15, -0.1) is 0 Å². The highest BCUT2D eigenvalue weighted by molar-refractivity contribution is 5.71. The molecule has 0 aromatic rings. The summed E-state index contributed by atoms with van der Waals surface area (Å²) < 4.78 is 22.7. The molecular formula is C50H86NO8+. The van der Waals surface area contributed by atoms with Gasteiger partial charge < -0.3 is 28.5 Å². The van der Waals surface area contributed by atoms with Crippen molar-refractivity contribution in [2.75, 3.05) is 47.5 Å². The molecule has 0 rings (SSSR count). The van der Waals surface area contributed by atoms with Crippen LogP contribution in [0.3, 0.4) is 0 Å². The number of carbonyl (C=O) groups excluding carboxylic acids is 2. The van der Waals surface area contributed by atoms with E-state index in [0.29, 0.717) is 17.4 Å². The van der Waals surface area contributed by atoms with Crippen molar-refractivity contribution in [1.82, 2.24) is 0 Å². The molecule has 0 aromatic carbocycles. The van der Waals surface area contributed by atoms with E-state index in [2.05, 4.69) is 86.8 Å². The van der Waals surface area contributed by atoms with Gasteiger partial charge in [0, 0.05) is 12.8 Å². The molecule has 338 valence electrons. The van der Waals surface area contributed by atoms with E-state index in [9.17, 15) is 19.5 Å². The topological polar surface area (TPSA) is 108 Å². The monoisotopic (exact) mass is 829 g/mol. The summed E-state index contributed by atoms with van der Waals surface area (Å²) in [7, 11) is 5.93. The third-order valence-electron chi connectivity index (χ3n) is 9.45. The van der Waals surface area contributed by atoms with Crippen LogP contribution < -0.4 is 0 Å². The summed E-state index contributed by atoms with van der Waals surface area (Å²) in [6, 6.07) is 0. The van der Waals surface area contributed by atoms with Crippen molar-refractivity contribution in [2.45, 2.75) is 180 Å². The van der Waals surface area contributed by atoms with Crippen molar-refractivity contribution in [3.8, 4) is 0 Å². The zero-order valence-electron chi connectivity index (χ0n) is 38.1. The van der Waals surface area contributed by atoms with E-state index >= 15 is 0 Å². The van der Waals surface area contributed by atoms with Crippen molar-refractivity contribution in [2.24, 2.45) is 0 Å². The molecule has 2 unspecified atom stereocenters. The Bertz CT molecular complexity index is 1200. The lowest BCUT2D eigenvalue weighted by molar-refractivity contribution is -0.870. The van der Waals surface area contributed by atoms with Gasteiger partial charge in [0.25, 0.3) is 6.29 Å². The van der Waals surface area contributed by atoms with Gasteiger partial charge in [-0.2, -0.15) is 0 Å². The quantitative estimate of drug-likeness (QED) is 0.0213. The molecule has 0 aliphatic heterocycles. The zero-order valence-corrected chi connectivity index (χ0v) is 38.1. The Morgan fingerprint density at radius 3 is 1.47 bits per heavy atom. The maximum absolute atomic E-state index is 12.8. The number of esters is 2. The van der Waals surface area contributed by atoms with Gasteiger partial charge in [0.05, 0.1) is 34.4 Å². The Balaban J connectivity index is 4.52. The Kier molecular flexibility index (Phi) is 39.2. The molecule has 0 spiro atoms. The Labute approximate surface area is 360 Å². The van der Waals surface area contributed by atoms with Crippen LogP contribution in [0.25, 0.3) is 0 Å². The second-order valence-corrected chi connectivity index (χ2v) is 16.3. The van der Waals surface area contributed by atoms with Gasteiger partial charge in [-0.1, -0.05) is 145 Å². The molecule has 0 aliphatic carbocycles. The van der Waals surface area contributed by atoms with Crippen LogP contribution in [0, 0.1) is 0 Å². The van der Waals surface area contributed by atoms with Gasteiger partial charge in [-0.05, 0) is 83.5 Å². The number of nitrogens with zero attached hydrogens (tertiary/aromatic N) is 1. The fraction of sp³-hybridized carbons (Fsp3) is 0.700. The lowest BCUT2D eigenvalue weighted by Crippen LogP contribution is -2.40. The summed E-state index contributed by atoms with van der Waals surface area (Å²) in [5, 5.41) is 9.64. The number of unbranched alkanes of at least 4 members (excludes halogenated alkanes) is 14. The standard InChI is InChI=1S/C50H85NO8/c1-6-8-10-12-14-16-18-20-22-23-24-25-27-29-31-33-35-37-39-41-48(53)59-46(45-58-50(49(54)55)56-43-42-51(3,4)5)44-57-47(52)40-38-36-34-32-30-28-26-21-19-17-15-13-11-9-7-2/h8,10,14,16,20-22,24-26,29,31,46,50H,6-7,9,11-13,15,17-19,23,27-28,30,32-45H2,1-5H3/p+1/b10-8-,16-14-,22-20-,25-24-,26-21-,31-29-. The molecular weight excluding hydrogens is 743 g/mol. The summed E-state index contributed by atoms with van der Waals surface area (Å²) in [5.41, 5.74) is 0. The van der Waals surface area contributed by atoms with Crippen LogP contribution in [-0.2, 0) is 33.3 Å². The van der Waals surface area contributed by atoms with Crippen molar-refractivity contribution in [3.05, 3.63) is 72.9 Å². The second-order valence-electron chi connectivity index (χ2n) is 16.3. The van der Waals surface area contributed by atoms with Gasteiger partial charge in [-0.25, -0.2) is 4.79 Å². The van der Waals surface area contributed by atoms with Crippen molar-refractivity contribution in [3.63, 3.8) is 0 Å². The van der Waals surface area contributed by atoms with Crippen LogP contribution in [0.15, 0.2) is 72.9 Å². The minimum absolute atomic E-state index is 0.176. The predicted molar refractivity (Wildman–Crippen MR) is 244 cm³/mol. The Morgan fingerprint density at radius 2 is 0.966 bits per heavy atom. The van der Waals surface area contributed by atoms with Gasteiger partial charge >= 0.3 is 17.9 Å². The average Bonchev–Trinajstić information content (AvgIpc) is 3.19. The number of quaternary nitrogens is 1. The number of hydrogen-bond acceptors (Lipinski definition) is 7. The minimum atomic E-state index is -1.52. The van der Waals surface area contributed by atoms with E-state index < -0.39 is 24.3 Å². The van der Waals surface area contributed by atoms with Gasteiger partial charge in [0.1, 0.15) is 13.2 Å². The molecule has 2 atom stereocenters. The van der Waals surface area contributed by atoms with Gasteiger partial charge in [0.2, 0.25) is 0 Å². The van der Waals surface area contributed by atoms with E-state index in [1.165, 1.54) is 44.9 Å². The molecule has 59 heavy (non-hydrogen) atoms. The third kappa shape index (κ3) is 42.7. The summed E-state index contributed by atoms with van der Waals surface area (Å²) in [4.78, 5) is 37.1. The lowest BCUT2D eigenvalue weighted by Gasteiger charge is -2.25. The molecule has 0 heterocycles. The SMILES string of the molecule is CC/C=C\C/C=C\C/C=C\C/C=C\C/C=C\CCCCCC(=O)OC(COC(=O)CCCCCCC/C=C\CCCCCCCC)COC(OCC[N+](C)(C)C)C(=O)O. The number of aliphatic carboxylic acids is 1. The van der Waals surface area contributed by atoms with Crippen LogP contribution in [0.5, 0.6) is 0 Å². The number of carboxylic acid groups (broad SMARTS) is 1. The van der Waals surface area contributed by atoms with Crippen LogP contribution in [0.4, 0.5) is 0 Å². The largest absolute Gasteiger partial charge is 0.477 e. The van der Waals surface area contributed by atoms with E-state index in [0.717, 1.165) is 89.9 Å². The van der Waals surface area contributed by atoms with Crippen LogP contribution >= 0.6 is 0 Å². The molecule has 9 heteroatoms. The molecule has 0 saturated carbocycles. The third-order valence-corrected chi connectivity index (χ3v) is 9.45. The number of carbonyl (C=O) groups is 3. The molecule has 0 aliphatic rings. The first-order chi connectivity index (χ1) is 28.6. The van der Waals surface area contributed by atoms with Crippen LogP contribution in [-0.4, -0.2) is 87.4 Å². The maximum atomic E-state index is 12.8. The maximum Gasteiger partial charge on any atom is 0.361 e. The minimum Gasteiger partial charge on any atom is -0.477 e. The number of likely N-dealkylation sites (N-methyl/N-ethyl adjacent to an activating group) is 1. The molecule has 0 bridgehead atoms. The normalized spacial score (nSPS) is 13.6. The van der Waals surface area contributed by atoms with Crippen LogP contribution in [0.1, 0.15) is 168 Å². The van der Waals surface area contributed by atoms with Gasteiger partial charge in [0.15, 0.2) is 6.10 Å². The highest BCUT2D eigenvalue weighted by atomic mass is 16.7. The summed E-state index contributed by atoms with van der Waals surface area (Å²) in [6.45, 7) is 4.68. The number of ether oxygens (including phenoxy) is 4. The summed E-state index contributed by atoms with van der Waals surface area (Å²) in [6.07, 6.45) is 48.2. The first-order valence-electron chi connectivity index (χ1n) is 23.1. The van der Waals surface area contributed by atoms with Gasteiger partial charge in [-0.3, -0.25) is 9.59 Å². The average molecular weight is 829 g/mol. The van der Waals surface area contributed by atoms with Crippen molar-refractivity contribution in [1.29, 1.82) is 0 Å². The number of carboxylic acids is 1. The Morgan fingerprint density at radius 1 is 0.525 bits per heavy atom. The molecule has 0 radical (unpaired) electrons. The molecule has 0 aromatic heterocycles. The van der Waals surface area contributed by atoms with Crippen molar-refractivity contribution >= 4 is 17.9 Å². The second kappa shape index (κ2) is 41.5. The lowest BCUT2D eigenvalue weighted by atomic mass is 10.1. The van der Waals surface area contributed by atoms with E-state index in [1.807, 2.05) is 21.1 Å². The van der Waals surface area contributed by atoms with Crippen LogP contribution in [0.2, 0.25) is 0 Å². The number of rotatable bonds is 41. The Hall–Kier alpha value is -3.27. The zero-order chi connectivity index (χ0) is 43.5. The summed E-state index contributed by atoms with van der Waals surface area (Å²) >= 11 is 0. The molecule has 0 saturated heterocycles. The molecule has 0 amide bonds. The fourth-order valence-electron chi connectivity index (χ4n) is 5.86. The smallest absolute Gasteiger partial charge is 0.361 e. The van der Waals surface area contributed by atoms with E-state index in [1.54, 1.807) is 0 Å². The molecule has 0 fully saturated rings. The van der Waals surface area contributed by atoms with Crippen molar-refractivity contribution < 1.29 is 42.9 Å². The predicted octanol–water partition coefficient (Wildman–Crippen LogP) is 12.3. The highest BCUT2D eigenvalue weighted by Crippen LogP contribution is 2.12. The highest BCUT2D eigenvalue weighted by Gasteiger charge is 2.25. The first kappa shape index (κ1) is 55.7. The first-order valence-corrected chi connectivity index (χ1v) is 23.1. The fourth-order valence-corrected chi connectivity index (χ4v) is 5.86. The van der Waals surface area contributed by atoms with E-state index in [4.69, 9.17) is 18.9 Å². The molecule has 9 nitrogen and oxygen atoms in total. The van der Waals surface area contributed by atoms with E-state index in [-0.39, 0.29) is 38.6 Å².